The first-order valence-electron chi connectivity index (χ1n) is 2.54. The van der Waals surface area contributed by atoms with Crippen molar-refractivity contribution in [2.24, 2.45) is 0 Å². The minimum absolute atomic E-state index is 0. The van der Waals surface area contributed by atoms with Gasteiger partial charge < -0.3 is 9.66 Å². The Kier molecular flexibility index (Phi) is 8.43. The van der Waals surface area contributed by atoms with Gasteiger partial charge >= 0.3 is 35.7 Å². The number of carbonyl (C=O) groups is 1. The summed E-state index contributed by atoms with van der Waals surface area (Å²) in [6.07, 6.45) is -1.24. The monoisotopic (exact) mass is 239 g/mol. The van der Waals surface area contributed by atoms with Crippen LogP contribution >= 0.6 is 12.0 Å². The third kappa shape index (κ3) is 10.4. The normalized spacial score (nSPS) is 10.3. The molecule has 0 atom stereocenters. The summed E-state index contributed by atoms with van der Waals surface area (Å²) in [5.74, 6) is -0.253. The van der Waals surface area contributed by atoms with Crippen LogP contribution in [0.2, 0.25) is 0 Å². The van der Waals surface area contributed by atoms with Gasteiger partial charge in [-0.05, 0) is 0 Å². The van der Waals surface area contributed by atoms with Crippen molar-refractivity contribution in [3.05, 3.63) is 0 Å². The molecule has 0 aromatic heterocycles. The summed E-state index contributed by atoms with van der Waals surface area (Å²) in [6, 6.07) is 0. The predicted octanol–water partition coefficient (Wildman–Crippen LogP) is -3.32. The summed E-state index contributed by atoms with van der Waals surface area (Å²) in [5.41, 5.74) is 0. The van der Waals surface area contributed by atoms with E-state index in [2.05, 4.69) is 3.63 Å². The Balaban J connectivity index is 0. The van der Waals surface area contributed by atoms with Crippen LogP contribution in [-0.4, -0.2) is 42.0 Å². The van der Waals surface area contributed by atoms with Crippen molar-refractivity contribution in [2.75, 3.05) is 12.9 Å². The molecule has 0 heterocycles. The fourth-order valence-electron chi connectivity index (χ4n) is 0.215. The van der Waals surface area contributed by atoms with E-state index in [1.165, 1.54) is 7.05 Å². The van der Waals surface area contributed by atoms with Gasteiger partial charge in [0.1, 0.15) is 0 Å². The summed E-state index contributed by atoms with van der Waals surface area (Å²) < 4.78 is 33.1. The maximum absolute atomic E-state index is 10.1. The van der Waals surface area contributed by atoms with Crippen molar-refractivity contribution in [2.45, 2.75) is 0 Å². The summed E-state index contributed by atoms with van der Waals surface area (Å²) in [4.78, 5) is 10.8. The smallest absolute Gasteiger partial charge is 0.725 e. The Bertz CT molecular complexity index is 253. The van der Waals surface area contributed by atoms with E-state index in [0.29, 0.717) is 0 Å². The zero-order valence-electron chi connectivity index (χ0n) is 6.96. The van der Waals surface area contributed by atoms with E-state index < -0.39 is 16.5 Å². The van der Waals surface area contributed by atoms with Crippen LogP contribution in [-0.2, 0) is 14.0 Å². The van der Waals surface area contributed by atoms with Crippen molar-refractivity contribution >= 4 is 28.5 Å². The van der Waals surface area contributed by atoms with Gasteiger partial charge in [-0.1, -0.05) is 0 Å². The zero-order valence-corrected chi connectivity index (χ0v) is 10.6. The number of rotatable bonds is 4. The molecule has 0 aromatic carbocycles. The van der Waals surface area contributed by atoms with Crippen LogP contribution in [0.25, 0.3) is 0 Å². The molecule has 0 rings (SSSR count). The van der Waals surface area contributed by atoms with E-state index in [0.717, 1.165) is 4.90 Å². The molecule has 7 nitrogen and oxygen atoms in total. The Morgan fingerprint density at radius 1 is 1.69 bits per heavy atom. The maximum Gasteiger partial charge on any atom is 1.00 e. The largest absolute Gasteiger partial charge is 1.00 e. The molecule has 0 saturated carbocycles. The number of carboxylic acid groups (broad SMARTS) is 1. The Morgan fingerprint density at radius 2 is 2.15 bits per heavy atom. The van der Waals surface area contributed by atoms with E-state index in [1.54, 1.807) is 0 Å². The average Bonchev–Trinajstić information content (AvgIpc) is 1.84. The van der Waals surface area contributed by atoms with E-state index >= 15 is 0 Å². The summed E-state index contributed by atoms with van der Waals surface area (Å²) in [5, 5.41) is 8.24. The van der Waals surface area contributed by atoms with Crippen molar-refractivity contribution in [3.8, 4) is 0 Å². The minimum Gasteiger partial charge on any atom is -0.725 e. The average molecular weight is 239 g/mol. The zero-order chi connectivity index (χ0) is 9.78. The van der Waals surface area contributed by atoms with Crippen LogP contribution in [0.3, 0.4) is 0 Å². The Morgan fingerprint density at radius 3 is 2.46 bits per heavy atom. The first-order valence-corrected chi connectivity index (χ1v) is 4.78. The van der Waals surface area contributed by atoms with Gasteiger partial charge in [0, 0.05) is 19.1 Å². The first kappa shape index (κ1) is 15.9. The van der Waals surface area contributed by atoms with Crippen molar-refractivity contribution in [1.82, 2.24) is 4.90 Å². The van der Waals surface area contributed by atoms with Gasteiger partial charge in [0.2, 0.25) is 10.4 Å². The predicted molar refractivity (Wildman–Crippen MR) is 39.0 cm³/mol. The molecule has 0 bridgehead atoms. The third-order valence-corrected chi connectivity index (χ3v) is 2.25. The standard InChI is InChI=1S/C3H7NO6S2.Na/c1-4(3(5)6)2-11-10-12(7,8)9;/h2H2,1H3,(H,5,6)(H,7,8,9);/q;+1/p-1. The van der Waals surface area contributed by atoms with E-state index in [1.807, 2.05) is 0 Å². The number of amides is 1. The molecule has 0 spiro atoms. The summed E-state index contributed by atoms with van der Waals surface area (Å²) >= 11 is 0.241. The van der Waals surface area contributed by atoms with Gasteiger partial charge in [0.25, 0.3) is 0 Å². The van der Waals surface area contributed by atoms with Gasteiger partial charge in [0.05, 0.1) is 5.88 Å². The molecule has 1 amide bonds. The van der Waals surface area contributed by atoms with Crippen molar-refractivity contribution < 1.29 is 56.1 Å². The quantitative estimate of drug-likeness (QED) is 0.180. The molecule has 0 radical (unpaired) electrons. The van der Waals surface area contributed by atoms with E-state index in [4.69, 9.17) is 5.11 Å². The molecule has 0 aliphatic carbocycles. The SMILES string of the molecule is CN(CSOS(=O)(=O)[O-])C(=O)O.[Na+]. The fourth-order valence-corrected chi connectivity index (χ4v) is 1.13. The van der Waals surface area contributed by atoms with Crippen LogP contribution in [0, 0.1) is 0 Å². The molecule has 0 aliphatic rings. The molecule has 0 fully saturated rings. The molecule has 13 heavy (non-hydrogen) atoms. The Hall–Kier alpha value is 0.490. The number of hydrogen-bond donors (Lipinski definition) is 1. The minimum atomic E-state index is -4.75. The van der Waals surface area contributed by atoms with Gasteiger partial charge in [-0.25, -0.2) is 16.8 Å². The molecular formula is C3H6NNaO6S2. The second-order valence-corrected chi connectivity index (χ2v) is 3.56. The number of hydrogen-bond acceptors (Lipinski definition) is 6. The second kappa shape index (κ2) is 6.87. The van der Waals surface area contributed by atoms with Crippen LogP contribution in [0.5, 0.6) is 0 Å². The van der Waals surface area contributed by atoms with Gasteiger partial charge in [-0.3, -0.25) is 4.90 Å². The molecule has 0 saturated heterocycles. The van der Waals surface area contributed by atoms with Crippen molar-refractivity contribution in [1.29, 1.82) is 0 Å². The molecule has 0 unspecified atom stereocenters. The Labute approximate surface area is 102 Å². The van der Waals surface area contributed by atoms with Gasteiger partial charge in [-0.15, -0.1) is 0 Å². The van der Waals surface area contributed by atoms with Crippen LogP contribution in [0.4, 0.5) is 4.79 Å². The van der Waals surface area contributed by atoms with Crippen molar-refractivity contribution in [3.63, 3.8) is 0 Å². The van der Waals surface area contributed by atoms with Crippen LogP contribution in [0.1, 0.15) is 0 Å². The van der Waals surface area contributed by atoms with E-state index in [9.17, 15) is 17.8 Å². The van der Waals surface area contributed by atoms with E-state index in [-0.39, 0.29) is 47.5 Å². The second-order valence-electron chi connectivity index (χ2n) is 1.70. The number of nitrogens with zero attached hydrogens (tertiary/aromatic N) is 1. The molecule has 1 N–H and O–H groups in total. The molecule has 72 valence electrons. The molecular weight excluding hydrogens is 233 g/mol. The third-order valence-electron chi connectivity index (χ3n) is 0.704. The first-order chi connectivity index (χ1) is 5.33. The molecule has 0 aromatic rings. The fraction of sp³-hybridized carbons (Fsp3) is 0.667. The summed E-state index contributed by atoms with van der Waals surface area (Å²) in [6.45, 7) is 0. The summed E-state index contributed by atoms with van der Waals surface area (Å²) in [7, 11) is -3.55. The van der Waals surface area contributed by atoms with Crippen LogP contribution in [0.15, 0.2) is 0 Å². The van der Waals surface area contributed by atoms with Crippen LogP contribution < -0.4 is 29.6 Å². The maximum atomic E-state index is 10.1. The topological polar surface area (TPSA) is 107 Å². The molecule has 10 heteroatoms. The van der Waals surface area contributed by atoms with Gasteiger partial charge in [-0.2, -0.15) is 0 Å². The molecule has 0 aliphatic heterocycles. The van der Waals surface area contributed by atoms with Gasteiger partial charge in [0.15, 0.2) is 0 Å².